The summed E-state index contributed by atoms with van der Waals surface area (Å²) < 4.78 is 11.0. The van der Waals surface area contributed by atoms with Crippen molar-refractivity contribution in [1.82, 2.24) is 10.1 Å². The Morgan fingerprint density at radius 3 is 2.86 bits per heavy atom. The predicted octanol–water partition coefficient (Wildman–Crippen LogP) is 3.77. The number of amides is 1. The Hall–Kier alpha value is -2.63. The fourth-order valence-corrected chi connectivity index (χ4v) is 4.25. The summed E-state index contributed by atoms with van der Waals surface area (Å²) in [6.45, 7) is 5.27. The Morgan fingerprint density at radius 1 is 1.31 bits per heavy atom. The Balaban J connectivity index is 1.57. The molecule has 1 aromatic carbocycles. The van der Waals surface area contributed by atoms with E-state index in [9.17, 15) is 9.59 Å². The first-order valence-corrected chi connectivity index (χ1v) is 10.5. The van der Waals surface area contributed by atoms with Crippen LogP contribution >= 0.6 is 0 Å². The van der Waals surface area contributed by atoms with Crippen LogP contribution in [0, 0.1) is 18.3 Å². The molecule has 1 atom stereocenters. The second kappa shape index (κ2) is 8.01. The average molecular weight is 396 g/mol. The summed E-state index contributed by atoms with van der Waals surface area (Å²) in [7, 11) is 0. The maximum atomic E-state index is 13.0. The van der Waals surface area contributed by atoms with Gasteiger partial charge >= 0.3 is 5.97 Å². The predicted molar refractivity (Wildman–Crippen MR) is 108 cm³/mol. The van der Waals surface area contributed by atoms with Crippen molar-refractivity contribution >= 4 is 11.9 Å². The van der Waals surface area contributed by atoms with Crippen LogP contribution in [0.4, 0.5) is 0 Å². The topological polar surface area (TPSA) is 72.6 Å². The fraction of sp³-hybridized carbons (Fsp3) is 0.522. The van der Waals surface area contributed by atoms with Gasteiger partial charge < -0.3 is 14.2 Å². The first-order chi connectivity index (χ1) is 14.0. The van der Waals surface area contributed by atoms with Gasteiger partial charge in [0, 0.05) is 37.1 Å². The van der Waals surface area contributed by atoms with E-state index in [0.29, 0.717) is 38.3 Å². The van der Waals surface area contributed by atoms with Crippen molar-refractivity contribution in [3.8, 4) is 11.3 Å². The van der Waals surface area contributed by atoms with Crippen molar-refractivity contribution in [2.45, 2.75) is 46.0 Å². The van der Waals surface area contributed by atoms with Gasteiger partial charge in [-0.1, -0.05) is 28.9 Å². The number of aromatic nitrogens is 1. The van der Waals surface area contributed by atoms with Crippen LogP contribution in [-0.4, -0.2) is 41.6 Å². The summed E-state index contributed by atoms with van der Waals surface area (Å²) in [5.74, 6) is 0.722. The summed E-state index contributed by atoms with van der Waals surface area (Å²) in [5.41, 5.74) is 2.11. The van der Waals surface area contributed by atoms with Gasteiger partial charge in [-0.2, -0.15) is 0 Å². The van der Waals surface area contributed by atoms with E-state index in [1.54, 1.807) is 0 Å². The van der Waals surface area contributed by atoms with Crippen LogP contribution in [0.5, 0.6) is 0 Å². The smallest absolute Gasteiger partial charge is 0.314 e. The number of ether oxygens (including phenoxy) is 1. The highest BCUT2D eigenvalue weighted by atomic mass is 16.5. The lowest BCUT2D eigenvalue weighted by atomic mass is 9.76. The third-order valence-corrected chi connectivity index (χ3v) is 5.91. The highest BCUT2D eigenvalue weighted by molar-refractivity contribution is 5.83. The third kappa shape index (κ3) is 4.21. The van der Waals surface area contributed by atoms with Gasteiger partial charge in [0.25, 0.3) is 0 Å². The van der Waals surface area contributed by atoms with Gasteiger partial charge in [-0.15, -0.1) is 0 Å². The first kappa shape index (κ1) is 19.7. The highest BCUT2D eigenvalue weighted by Gasteiger charge is 2.47. The van der Waals surface area contributed by atoms with Crippen molar-refractivity contribution in [1.29, 1.82) is 0 Å². The van der Waals surface area contributed by atoms with Crippen molar-refractivity contribution < 1.29 is 18.8 Å². The Labute approximate surface area is 171 Å². The van der Waals surface area contributed by atoms with E-state index >= 15 is 0 Å². The summed E-state index contributed by atoms with van der Waals surface area (Å²) in [6.07, 6.45) is 3.78. The molecule has 1 aliphatic carbocycles. The van der Waals surface area contributed by atoms with Crippen molar-refractivity contribution in [3.63, 3.8) is 0 Å². The number of esters is 1. The number of hydrogen-bond donors (Lipinski definition) is 0. The fourth-order valence-electron chi connectivity index (χ4n) is 4.25. The van der Waals surface area contributed by atoms with E-state index in [4.69, 9.17) is 9.26 Å². The molecule has 0 N–H and O–H groups in total. The van der Waals surface area contributed by atoms with Gasteiger partial charge in [0.2, 0.25) is 5.91 Å². The van der Waals surface area contributed by atoms with Crippen molar-refractivity contribution in [3.05, 3.63) is 41.7 Å². The second-order valence-corrected chi connectivity index (χ2v) is 8.36. The minimum Gasteiger partial charge on any atom is -0.466 e. The molecule has 1 saturated carbocycles. The molecule has 154 valence electrons. The molecule has 2 fully saturated rings. The summed E-state index contributed by atoms with van der Waals surface area (Å²) in [5, 5.41) is 4.21. The number of carbonyl (C=O) groups excluding carboxylic acids is 2. The van der Waals surface area contributed by atoms with Gasteiger partial charge in [0.1, 0.15) is 11.5 Å². The summed E-state index contributed by atoms with van der Waals surface area (Å²) in [4.78, 5) is 27.5. The molecule has 2 heterocycles. The molecule has 1 aromatic heterocycles. The van der Waals surface area contributed by atoms with E-state index in [1.165, 1.54) is 0 Å². The third-order valence-electron chi connectivity index (χ3n) is 5.91. The maximum absolute atomic E-state index is 13.0. The van der Waals surface area contributed by atoms with Crippen molar-refractivity contribution in [2.24, 2.45) is 11.3 Å². The van der Waals surface area contributed by atoms with Crippen LogP contribution < -0.4 is 0 Å². The zero-order valence-corrected chi connectivity index (χ0v) is 17.1. The van der Waals surface area contributed by atoms with Crippen LogP contribution in [-0.2, 0) is 20.7 Å². The molecule has 6 nitrogen and oxygen atoms in total. The molecule has 0 spiro atoms. The maximum Gasteiger partial charge on any atom is 0.314 e. The zero-order chi connectivity index (χ0) is 20.4. The number of carbonyl (C=O) groups is 2. The summed E-state index contributed by atoms with van der Waals surface area (Å²) in [6, 6.07) is 9.97. The van der Waals surface area contributed by atoms with Gasteiger partial charge in [-0.25, -0.2) is 0 Å². The number of hydrogen-bond acceptors (Lipinski definition) is 5. The van der Waals surface area contributed by atoms with Gasteiger partial charge in [-0.3, -0.25) is 9.59 Å². The average Bonchev–Trinajstić information content (AvgIpc) is 3.47. The van der Waals surface area contributed by atoms with Crippen molar-refractivity contribution in [2.75, 3.05) is 19.7 Å². The van der Waals surface area contributed by atoms with Crippen LogP contribution in [0.25, 0.3) is 11.3 Å². The van der Waals surface area contributed by atoms with E-state index < -0.39 is 5.41 Å². The Bertz CT molecular complexity index is 902. The first-order valence-electron chi connectivity index (χ1n) is 10.5. The number of likely N-dealkylation sites (tertiary alicyclic amines) is 1. The van der Waals surface area contributed by atoms with E-state index in [2.05, 4.69) is 11.2 Å². The minimum atomic E-state index is -0.776. The normalized spacial score (nSPS) is 21.8. The molecule has 1 saturated heterocycles. The number of benzene rings is 1. The van der Waals surface area contributed by atoms with Gasteiger partial charge in [0.15, 0.2) is 0 Å². The van der Waals surface area contributed by atoms with E-state index in [0.717, 1.165) is 36.1 Å². The number of rotatable bonds is 6. The van der Waals surface area contributed by atoms with Crippen LogP contribution in [0.3, 0.4) is 0 Å². The molecule has 1 amide bonds. The molecule has 29 heavy (non-hydrogen) atoms. The lowest BCUT2D eigenvalue weighted by molar-refractivity contribution is -0.161. The number of piperidine rings is 1. The molecule has 0 radical (unpaired) electrons. The van der Waals surface area contributed by atoms with Crippen LogP contribution in [0.2, 0.25) is 0 Å². The lowest BCUT2D eigenvalue weighted by Gasteiger charge is -2.40. The Morgan fingerprint density at radius 2 is 2.14 bits per heavy atom. The van der Waals surface area contributed by atoms with Crippen LogP contribution in [0.15, 0.2) is 34.9 Å². The lowest BCUT2D eigenvalue weighted by Crippen LogP contribution is -2.52. The minimum absolute atomic E-state index is 0.145. The zero-order valence-electron chi connectivity index (χ0n) is 17.1. The molecule has 0 bridgehead atoms. The molecule has 2 aliphatic rings. The van der Waals surface area contributed by atoms with E-state index in [-0.39, 0.29) is 17.8 Å². The van der Waals surface area contributed by atoms with Crippen LogP contribution in [0.1, 0.15) is 43.9 Å². The standard InChI is InChI=1S/C23H28N2O4/c1-3-28-22(27)23(10-5-11-25(15-23)21(26)17-8-9-17)14-19-13-20(24-29-19)18-7-4-6-16(2)12-18/h4,6-7,12-13,17H,3,5,8-11,14-15H2,1-2H3/t23-/m0/s1. The monoisotopic (exact) mass is 396 g/mol. The Kier molecular flexibility index (Phi) is 5.43. The molecular weight excluding hydrogens is 368 g/mol. The van der Waals surface area contributed by atoms with Gasteiger partial charge in [0.05, 0.1) is 12.0 Å². The summed E-state index contributed by atoms with van der Waals surface area (Å²) >= 11 is 0. The number of aryl methyl sites for hydroxylation is 1. The molecule has 4 rings (SSSR count). The van der Waals surface area contributed by atoms with Gasteiger partial charge in [-0.05, 0) is 45.6 Å². The second-order valence-electron chi connectivity index (χ2n) is 8.36. The van der Waals surface area contributed by atoms with E-state index in [1.807, 2.05) is 43.0 Å². The highest BCUT2D eigenvalue weighted by Crippen LogP contribution is 2.39. The molecule has 1 aliphatic heterocycles. The largest absolute Gasteiger partial charge is 0.466 e. The molecule has 6 heteroatoms. The SMILES string of the molecule is CCOC(=O)[C@]1(Cc2cc(-c3cccc(C)c3)no2)CCCN(C(=O)C2CC2)C1. The molecule has 2 aromatic rings. The number of nitrogens with zero attached hydrogens (tertiary/aromatic N) is 2. The molecular formula is C23H28N2O4. The quantitative estimate of drug-likeness (QED) is 0.695. The molecule has 0 unspecified atom stereocenters.